The predicted octanol–water partition coefficient (Wildman–Crippen LogP) is 6.22. The molecule has 4 nitrogen and oxygen atoms in total. The first-order valence-electron chi connectivity index (χ1n) is 10.2. The molecule has 0 saturated carbocycles. The van der Waals surface area contributed by atoms with E-state index < -0.39 is 0 Å². The van der Waals surface area contributed by atoms with Crippen LogP contribution in [0.2, 0.25) is 5.02 Å². The molecule has 0 spiro atoms. The van der Waals surface area contributed by atoms with E-state index in [0.717, 1.165) is 34.3 Å². The van der Waals surface area contributed by atoms with Crippen LogP contribution in [0.1, 0.15) is 16.8 Å². The van der Waals surface area contributed by atoms with E-state index in [2.05, 4.69) is 17.0 Å². The van der Waals surface area contributed by atoms with Crippen molar-refractivity contribution >= 4 is 44.2 Å². The largest absolute Gasteiger partial charge is 0.309 e. The molecule has 1 amide bonds. The van der Waals surface area contributed by atoms with E-state index in [-0.39, 0.29) is 5.91 Å². The molecular weight excluding hydrogens is 426 g/mol. The Morgan fingerprint density at radius 1 is 0.935 bits per heavy atom. The summed E-state index contributed by atoms with van der Waals surface area (Å²) in [5.41, 5.74) is 3.73. The zero-order chi connectivity index (χ0) is 21.8. The van der Waals surface area contributed by atoms with Crippen molar-refractivity contribution in [2.75, 3.05) is 32.1 Å². The molecule has 0 aliphatic rings. The molecule has 3 aromatic carbocycles. The number of rotatable bonds is 7. The number of carbonyl (C=O) groups is 1. The molecular formula is C25H24ClN3OS. The van der Waals surface area contributed by atoms with E-state index in [1.54, 1.807) is 4.90 Å². The monoisotopic (exact) mass is 449 g/mol. The smallest absolute Gasteiger partial charge is 0.260 e. The van der Waals surface area contributed by atoms with Crippen LogP contribution in [-0.4, -0.2) is 43.0 Å². The van der Waals surface area contributed by atoms with Gasteiger partial charge in [0.2, 0.25) is 0 Å². The zero-order valence-electron chi connectivity index (χ0n) is 17.6. The highest BCUT2D eigenvalue weighted by atomic mass is 35.5. The average Bonchev–Trinajstić information content (AvgIpc) is 3.19. The molecule has 6 heteroatoms. The maximum absolute atomic E-state index is 13.5. The minimum absolute atomic E-state index is 0.0384. The lowest BCUT2D eigenvalue weighted by atomic mass is 10.0. The molecule has 0 radical (unpaired) electrons. The van der Waals surface area contributed by atoms with Crippen LogP contribution in [-0.2, 0) is 0 Å². The van der Waals surface area contributed by atoms with Crippen molar-refractivity contribution < 1.29 is 4.79 Å². The fourth-order valence-corrected chi connectivity index (χ4v) is 4.69. The lowest BCUT2D eigenvalue weighted by Crippen LogP contribution is -2.33. The Bertz CT molecular complexity index is 1170. The molecule has 0 aliphatic heterocycles. The summed E-state index contributed by atoms with van der Waals surface area (Å²) in [5, 5.41) is 1.37. The van der Waals surface area contributed by atoms with Gasteiger partial charge in [-0.25, -0.2) is 4.98 Å². The normalized spacial score (nSPS) is 11.2. The van der Waals surface area contributed by atoms with E-state index in [1.807, 2.05) is 74.8 Å². The van der Waals surface area contributed by atoms with Gasteiger partial charge in [0.1, 0.15) is 0 Å². The number of halogens is 1. The highest BCUT2D eigenvalue weighted by molar-refractivity contribution is 7.22. The van der Waals surface area contributed by atoms with Crippen LogP contribution in [0.15, 0.2) is 72.8 Å². The molecule has 0 bridgehead atoms. The summed E-state index contributed by atoms with van der Waals surface area (Å²) < 4.78 is 0.979. The molecule has 0 aliphatic carbocycles. The van der Waals surface area contributed by atoms with Gasteiger partial charge in [0, 0.05) is 17.1 Å². The van der Waals surface area contributed by atoms with Crippen LogP contribution in [0.5, 0.6) is 0 Å². The topological polar surface area (TPSA) is 36.4 Å². The third-order valence-corrected chi connectivity index (χ3v) is 6.32. The van der Waals surface area contributed by atoms with Crippen molar-refractivity contribution in [2.24, 2.45) is 0 Å². The predicted molar refractivity (Wildman–Crippen MR) is 131 cm³/mol. The van der Waals surface area contributed by atoms with Crippen molar-refractivity contribution in [3.63, 3.8) is 0 Å². The highest BCUT2D eigenvalue weighted by Gasteiger charge is 2.21. The van der Waals surface area contributed by atoms with Gasteiger partial charge in [-0.1, -0.05) is 65.4 Å². The number of nitrogens with zero attached hydrogens (tertiary/aromatic N) is 3. The van der Waals surface area contributed by atoms with Crippen LogP contribution < -0.4 is 4.90 Å². The van der Waals surface area contributed by atoms with Crippen LogP contribution in [0.25, 0.3) is 21.3 Å². The van der Waals surface area contributed by atoms with Gasteiger partial charge >= 0.3 is 0 Å². The summed E-state index contributed by atoms with van der Waals surface area (Å²) in [7, 11) is 4.07. The van der Waals surface area contributed by atoms with Crippen molar-refractivity contribution in [1.29, 1.82) is 0 Å². The molecule has 0 saturated heterocycles. The third kappa shape index (κ3) is 5.13. The molecule has 4 aromatic rings. The number of amides is 1. The average molecular weight is 450 g/mol. The molecule has 0 N–H and O–H groups in total. The number of fused-ring (bicyclic) bond motifs is 1. The second-order valence-electron chi connectivity index (χ2n) is 7.67. The van der Waals surface area contributed by atoms with E-state index in [4.69, 9.17) is 16.6 Å². The van der Waals surface area contributed by atoms with Gasteiger partial charge in [0.25, 0.3) is 5.91 Å². The van der Waals surface area contributed by atoms with Gasteiger partial charge in [-0.15, -0.1) is 0 Å². The van der Waals surface area contributed by atoms with Gasteiger partial charge < -0.3 is 4.90 Å². The lowest BCUT2D eigenvalue weighted by molar-refractivity contribution is 0.0986. The fraction of sp³-hybridized carbons (Fsp3) is 0.200. The molecule has 4 rings (SSSR count). The number of hydrogen-bond acceptors (Lipinski definition) is 4. The van der Waals surface area contributed by atoms with E-state index in [9.17, 15) is 4.79 Å². The van der Waals surface area contributed by atoms with Crippen LogP contribution in [0.4, 0.5) is 5.13 Å². The summed E-state index contributed by atoms with van der Waals surface area (Å²) in [6.45, 7) is 1.50. The highest BCUT2D eigenvalue weighted by Crippen LogP contribution is 2.32. The Hall–Kier alpha value is -2.73. The first-order chi connectivity index (χ1) is 15.0. The Morgan fingerprint density at radius 3 is 2.35 bits per heavy atom. The van der Waals surface area contributed by atoms with Gasteiger partial charge in [0.15, 0.2) is 5.13 Å². The third-order valence-electron chi connectivity index (χ3n) is 5.04. The van der Waals surface area contributed by atoms with Crippen molar-refractivity contribution in [3.05, 3.63) is 83.4 Å². The maximum atomic E-state index is 13.5. The summed E-state index contributed by atoms with van der Waals surface area (Å²) in [5.74, 6) is -0.0384. The van der Waals surface area contributed by atoms with Crippen LogP contribution in [0.3, 0.4) is 0 Å². The van der Waals surface area contributed by atoms with Crippen LogP contribution in [0, 0.1) is 0 Å². The molecule has 31 heavy (non-hydrogen) atoms. The van der Waals surface area contributed by atoms with Crippen LogP contribution >= 0.6 is 22.9 Å². The first kappa shape index (κ1) is 21.5. The van der Waals surface area contributed by atoms with Crippen molar-refractivity contribution in [3.8, 4) is 11.1 Å². The molecule has 0 unspecified atom stereocenters. The number of carbonyl (C=O) groups excluding carboxylic acids is 1. The summed E-state index contributed by atoms with van der Waals surface area (Å²) >= 11 is 7.64. The van der Waals surface area contributed by atoms with Gasteiger partial charge in [-0.3, -0.25) is 9.69 Å². The van der Waals surface area contributed by atoms with Crippen molar-refractivity contribution in [2.45, 2.75) is 6.42 Å². The Balaban J connectivity index is 1.62. The molecule has 0 atom stereocenters. The fourth-order valence-electron chi connectivity index (χ4n) is 3.42. The minimum atomic E-state index is -0.0384. The van der Waals surface area contributed by atoms with E-state index in [1.165, 1.54) is 11.3 Å². The first-order valence-corrected chi connectivity index (χ1v) is 11.4. The second-order valence-corrected chi connectivity index (χ2v) is 9.11. The standard InChI is InChI=1S/C25H24ClN3OS/c1-28(2)15-6-16-29(25-27-22-14-13-21(26)17-23(22)31-25)24(30)20-11-9-19(10-12-20)18-7-4-3-5-8-18/h3-5,7-14,17H,6,15-16H2,1-2H3. The number of anilines is 1. The number of thiazole rings is 1. The van der Waals surface area contributed by atoms with E-state index >= 15 is 0 Å². The molecule has 1 heterocycles. The molecule has 1 aromatic heterocycles. The van der Waals surface area contributed by atoms with Gasteiger partial charge in [-0.05, 0) is 68.5 Å². The number of aromatic nitrogens is 1. The molecule has 158 valence electrons. The summed E-state index contributed by atoms with van der Waals surface area (Å²) in [6, 6.07) is 23.6. The minimum Gasteiger partial charge on any atom is -0.309 e. The SMILES string of the molecule is CN(C)CCCN(C(=O)c1ccc(-c2ccccc2)cc1)c1nc2ccc(Cl)cc2s1. The van der Waals surface area contributed by atoms with Gasteiger partial charge in [-0.2, -0.15) is 0 Å². The summed E-state index contributed by atoms with van der Waals surface area (Å²) in [4.78, 5) is 22.1. The zero-order valence-corrected chi connectivity index (χ0v) is 19.2. The Kier molecular flexibility index (Phi) is 6.66. The van der Waals surface area contributed by atoms with E-state index in [0.29, 0.717) is 22.3 Å². The number of hydrogen-bond donors (Lipinski definition) is 0. The molecule has 0 fully saturated rings. The lowest BCUT2D eigenvalue weighted by Gasteiger charge is -2.21. The van der Waals surface area contributed by atoms with Crippen molar-refractivity contribution in [1.82, 2.24) is 9.88 Å². The number of benzene rings is 3. The Labute approximate surface area is 191 Å². The maximum Gasteiger partial charge on any atom is 0.260 e. The quantitative estimate of drug-likeness (QED) is 0.336. The summed E-state index contributed by atoms with van der Waals surface area (Å²) in [6.07, 6.45) is 0.859. The van der Waals surface area contributed by atoms with Gasteiger partial charge in [0.05, 0.1) is 10.2 Å². The second kappa shape index (κ2) is 9.60. The Morgan fingerprint density at radius 2 is 1.65 bits per heavy atom.